The number of hydrogen-bond acceptors (Lipinski definition) is 5. The quantitative estimate of drug-likeness (QED) is 0.625. The molecule has 1 fully saturated rings. The molecule has 0 bridgehead atoms. The van der Waals surface area contributed by atoms with Crippen LogP contribution in [0.25, 0.3) is 0 Å². The van der Waals surface area contributed by atoms with Crippen LogP contribution in [0.4, 0.5) is 5.69 Å². The summed E-state index contributed by atoms with van der Waals surface area (Å²) >= 11 is 0. The molecule has 150 valence electrons. The van der Waals surface area contributed by atoms with Gasteiger partial charge in [-0.05, 0) is 43.5 Å². The Labute approximate surface area is 164 Å². The average molecular weight is 404 g/mol. The topological polar surface area (TPSA) is 105 Å². The molecule has 8 heteroatoms. The zero-order valence-electron chi connectivity index (χ0n) is 15.6. The Bertz CT molecular complexity index is 925. The van der Waals surface area contributed by atoms with Crippen molar-refractivity contribution in [3.05, 3.63) is 59.7 Å². The average Bonchev–Trinajstić information content (AvgIpc) is 3.21. The van der Waals surface area contributed by atoms with Crippen LogP contribution in [0.1, 0.15) is 41.7 Å². The van der Waals surface area contributed by atoms with Crippen LogP contribution < -0.4 is 10.0 Å². The summed E-state index contributed by atoms with van der Waals surface area (Å²) in [4.78, 5) is 11.6. The van der Waals surface area contributed by atoms with Crippen molar-refractivity contribution in [2.24, 2.45) is 0 Å². The van der Waals surface area contributed by atoms with Crippen molar-refractivity contribution in [3.63, 3.8) is 0 Å². The first kappa shape index (κ1) is 20.3. The van der Waals surface area contributed by atoms with E-state index in [1.807, 2.05) is 37.3 Å². The lowest BCUT2D eigenvalue weighted by atomic mass is 10.1. The van der Waals surface area contributed by atoms with Crippen molar-refractivity contribution in [1.82, 2.24) is 4.72 Å². The smallest absolute Gasteiger partial charge is 0.337 e. The number of sulfonamides is 1. The molecule has 3 rings (SSSR count). The summed E-state index contributed by atoms with van der Waals surface area (Å²) in [5.41, 5.74) is 1.26. The molecular formula is C20H24N2O5S. The molecule has 1 heterocycles. The van der Waals surface area contributed by atoms with E-state index in [2.05, 4.69) is 10.0 Å². The van der Waals surface area contributed by atoms with Crippen molar-refractivity contribution in [2.45, 2.75) is 36.8 Å². The van der Waals surface area contributed by atoms with Crippen LogP contribution in [-0.2, 0) is 14.8 Å². The van der Waals surface area contributed by atoms with Crippen LogP contribution in [0.2, 0.25) is 0 Å². The summed E-state index contributed by atoms with van der Waals surface area (Å²) in [6.07, 6.45) is 1.58. The monoisotopic (exact) mass is 404 g/mol. The van der Waals surface area contributed by atoms with E-state index in [9.17, 15) is 18.3 Å². The van der Waals surface area contributed by atoms with Crippen LogP contribution >= 0.6 is 0 Å². The number of benzene rings is 2. The van der Waals surface area contributed by atoms with E-state index < -0.39 is 16.0 Å². The number of carboxylic acid groups (broad SMARTS) is 1. The van der Waals surface area contributed by atoms with Crippen molar-refractivity contribution in [3.8, 4) is 0 Å². The number of hydrogen-bond donors (Lipinski definition) is 3. The van der Waals surface area contributed by atoms with E-state index in [1.165, 1.54) is 18.2 Å². The molecular weight excluding hydrogens is 380 g/mol. The van der Waals surface area contributed by atoms with Crippen molar-refractivity contribution in [2.75, 3.05) is 18.5 Å². The van der Waals surface area contributed by atoms with Gasteiger partial charge in [0.05, 0.1) is 16.6 Å². The van der Waals surface area contributed by atoms with Crippen LogP contribution in [0.3, 0.4) is 0 Å². The van der Waals surface area contributed by atoms with Gasteiger partial charge >= 0.3 is 5.97 Å². The minimum absolute atomic E-state index is 0.0826. The molecule has 3 N–H and O–H groups in total. The fraction of sp³-hybridized carbons (Fsp3) is 0.350. The lowest BCUT2D eigenvalue weighted by Gasteiger charge is -2.18. The normalized spacial score (nSPS) is 18.0. The molecule has 2 atom stereocenters. The van der Waals surface area contributed by atoms with E-state index in [0.717, 1.165) is 18.4 Å². The van der Waals surface area contributed by atoms with Crippen molar-refractivity contribution in [1.29, 1.82) is 0 Å². The highest BCUT2D eigenvalue weighted by molar-refractivity contribution is 7.89. The molecule has 0 aromatic heterocycles. The number of ether oxygens (including phenoxy) is 1. The zero-order valence-corrected chi connectivity index (χ0v) is 16.4. The predicted molar refractivity (Wildman–Crippen MR) is 106 cm³/mol. The maximum Gasteiger partial charge on any atom is 0.337 e. The molecule has 0 saturated carbocycles. The molecule has 0 radical (unpaired) electrons. The van der Waals surface area contributed by atoms with E-state index in [0.29, 0.717) is 12.3 Å². The van der Waals surface area contributed by atoms with E-state index in [-0.39, 0.29) is 29.1 Å². The van der Waals surface area contributed by atoms with Gasteiger partial charge in [-0.3, -0.25) is 0 Å². The fourth-order valence-electron chi connectivity index (χ4n) is 3.14. The van der Waals surface area contributed by atoms with E-state index >= 15 is 0 Å². The standard InChI is InChI=1S/C20H24N2O5S/c1-14(15-6-3-2-4-7-15)22-19-10-9-17(12-18(19)20(23)24)28(25,26)21-13-16-8-5-11-27-16/h2-4,6-7,9-10,12,14,16,21-22H,5,8,11,13H2,1H3,(H,23,24)/t14-,16+/m0/s1. The van der Waals surface area contributed by atoms with Gasteiger partial charge in [-0.1, -0.05) is 30.3 Å². The highest BCUT2D eigenvalue weighted by Crippen LogP contribution is 2.25. The molecule has 0 spiro atoms. The summed E-state index contributed by atoms with van der Waals surface area (Å²) in [6.45, 7) is 2.72. The second-order valence-corrected chi connectivity index (χ2v) is 8.54. The Morgan fingerprint density at radius 2 is 2.00 bits per heavy atom. The molecule has 0 aliphatic carbocycles. The molecule has 0 unspecified atom stereocenters. The lowest BCUT2D eigenvalue weighted by molar-refractivity contribution is 0.0697. The second-order valence-electron chi connectivity index (χ2n) is 6.78. The molecule has 7 nitrogen and oxygen atoms in total. The molecule has 2 aromatic rings. The summed E-state index contributed by atoms with van der Waals surface area (Å²) in [6, 6.07) is 13.5. The van der Waals surface area contributed by atoms with Crippen LogP contribution in [0.15, 0.2) is 53.4 Å². The number of carbonyl (C=O) groups is 1. The molecule has 1 saturated heterocycles. The number of rotatable bonds is 8. The molecule has 28 heavy (non-hydrogen) atoms. The van der Waals surface area contributed by atoms with Gasteiger partial charge in [0.1, 0.15) is 0 Å². The maximum absolute atomic E-state index is 12.5. The zero-order chi connectivity index (χ0) is 20.1. The largest absolute Gasteiger partial charge is 0.478 e. The van der Waals surface area contributed by atoms with Gasteiger partial charge in [-0.25, -0.2) is 17.9 Å². The molecule has 0 amide bonds. The van der Waals surface area contributed by atoms with E-state index in [1.54, 1.807) is 0 Å². The van der Waals surface area contributed by atoms with Gasteiger partial charge in [0.15, 0.2) is 0 Å². The van der Waals surface area contributed by atoms with Gasteiger partial charge in [-0.15, -0.1) is 0 Å². The SMILES string of the molecule is C[C@H](Nc1ccc(S(=O)(=O)NC[C@H]2CCCO2)cc1C(=O)O)c1ccccc1. The Balaban J connectivity index is 1.79. The number of nitrogens with one attached hydrogen (secondary N) is 2. The number of anilines is 1. The van der Waals surface area contributed by atoms with Gasteiger partial charge in [0.25, 0.3) is 0 Å². The van der Waals surface area contributed by atoms with Crippen molar-refractivity contribution >= 4 is 21.7 Å². The fourth-order valence-corrected chi connectivity index (χ4v) is 4.24. The minimum atomic E-state index is -3.82. The Hall–Kier alpha value is -2.42. The van der Waals surface area contributed by atoms with Crippen LogP contribution in [-0.4, -0.2) is 38.7 Å². The Morgan fingerprint density at radius 3 is 2.64 bits per heavy atom. The highest BCUT2D eigenvalue weighted by Gasteiger charge is 2.22. The molecule has 2 aromatic carbocycles. The summed E-state index contributed by atoms with van der Waals surface area (Å²) in [5, 5.41) is 12.7. The summed E-state index contributed by atoms with van der Waals surface area (Å²) < 4.78 is 33.0. The first-order valence-corrected chi connectivity index (χ1v) is 10.7. The molecule has 1 aliphatic heterocycles. The van der Waals surface area contributed by atoms with Crippen molar-refractivity contribution < 1.29 is 23.1 Å². The number of aromatic carboxylic acids is 1. The lowest BCUT2D eigenvalue weighted by Crippen LogP contribution is -2.32. The predicted octanol–water partition coefficient (Wildman–Crippen LogP) is 3.02. The third-order valence-electron chi connectivity index (χ3n) is 4.73. The van der Waals surface area contributed by atoms with Crippen LogP contribution in [0, 0.1) is 0 Å². The first-order chi connectivity index (χ1) is 13.4. The third kappa shape index (κ3) is 4.89. The number of carboxylic acids is 1. The first-order valence-electron chi connectivity index (χ1n) is 9.17. The molecule has 1 aliphatic rings. The Kier molecular flexibility index (Phi) is 6.33. The third-order valence-corrected chi connectivity index (χ3v) is 6.15. The van der Waals surface area contributed by atoms with Gasteiger partial charge in [0, 0.05) is 24.9 Å². The maximum atomic E-state index is 12.5. The summed E-state index contributed by atoms with van der Waals surface area (Å²) in [7, 11) is -3.82. The van der Waals surface area contributed by atoms with Gasteiger partial charge in [-0.2, -0.15) is 0 Å². The van der Waals surface area contributed by atoms with E-state index in [4.69, 9.17) is 4.74 Å². The van der Waals surface area contributed by atoms with Gasteiger partial charge < -0.3 is 15.2 Å². The Morgan fingerprint density at radius 1 is 1.25 bits per heavy atom. The highest BCUT2D eigenvalue weighted by atomic mass is 32.2. The van der Waals surface area contributed by atoms with Crippen LogP contribution in [0.5, 0.6) is 0 Å². The second kappa shape index (κ2) is 8.72. The minimum Gasteiger partial charge on any atom is -0.478 e. The van der Waals surface area contributed by atoms with Gasteiger partial charge in [0.2, 0.25) is 10.0 Å². The summed E-state index contributed by atoms with van der Waals surface area (Å²) in [5.74, 6) is -1.20.